The fourth-order valence-electron chi connectivity index (χ4n) is 1.74. The highest BCUT2D eigenvalue weighted by molar-refractivity contribution is 5.44. The summed E-state index contributed by atoms with van der Waals surface area (Å²) in [6.45, 7) is 0. The van der Waals surface area contributed by atoms with Gasteiger partial charge in [0.2, 0.25) is 11.7 Å². The highest BCUT2D eigenvalue weighted by Crippen LogP contribution is 2.29. The largest absolute Gasteiger partial charge is 0.490 e. The number of nitrogens with two attached hydrogens (primary N) is 1. The molecule has 1 aromatic carbocycles. The Morgan fingerprint density at radius 2 is 1.78 bits per heavy atom. The Morgan fingerprint density at radius 1 is 1.06 bits per heavy atom. The summed E-state index contributed by atoms with van der Waals surface area (Å²) in [5, 5.41) is 0. The first kappa shape index (κ1) is 12.2. The van der Waals surface area contributed by atoms with Gasteiger partial charge in [-0.2, -0.15) is 4.98 Å². The minimum atomic E-state index is 0.179. The zero-order valence-corrected chi connectivity index (χ0v) is 10.4. The van der Waals surface area contributed by atoms with Gasteiger partial charge in [-0.05, 0) is 5.56 Å². The number of hydrogen-bond donors (Lipinski definition) is 1. The lowest BCUT2D eigenvalue weighted by Gasteiger charge is -2.11. The predicted molar refractivity (Wildman–Crippen MR) is 68.8 cm³/mol. The average Bonchev–Trinajstić information content (AvgIpc) is 2.39. The molecule has 5 heteroatoms. The minimum absolute atomic E-state index is 0.179. The van der Waals surface area contributed by atoms with Crippen LogP contribution in [0.4, 0.5) is 5.95 Å². The highest BCUT2D eigenvalue weighted by atomic mass is 16.5. The van der Waals surface area contributed by atoms with Crippen LogP contribution in [0, 0.1) is 0 Å². The van der Waals surface area contributed by atoms with Crippen LogP contribution < -0.4 is 15.2 Å². The molecule has 0 aliphatic rings. The van der Waals surface area contributed by atoms with E-state index in [1.54, 1.807) is 7.11 Å². The summed E-state index contributed by atoms with van der Waals surface area (Å²) in [5.41, 5.74) is 7.49. The number of anilines is 1. The molecule has 0 saturated heterocycles. The molecule has 5 nitrogen and oxygen atoms in total. The Bertz CT molecular complexity index is 529. The van der Waals surface area contributed by atoms with Gasteiger partial charge in [0.15, 0.2) is 0 Å². The van der Waals surface area contributed by atoms with Gasteiger partial charge in [-0.25, -0.2) is 4.98 Å². The van der Waals surface area contributed by atoms with E-state index in [2.05, 4.69) is 9.97 Å². The predicted octanol–water partition coefficient (Wildman–Crippen LogP) is 1.67. The van der Waals surface area contributed by atoms with E-state index in [1.807, 2.05) is 30.3 Å². The third kappa shape index (κ3) is 2.51. The number of aromatic nitrogens is 2. The van der Waals surface area contributed by atoms with Gasteiger partial charge in [0, 0.05) is 6.42 Å². The third-order valence-corrected chi connectivity index (χ3v) is 2.53. The second kappa shape index (κ2) is 5.35. The van der Waals surface area contributed by atoms with Crippen LogP contribution in [0.1, 0.15) is 11.3 Å². The highest BCUT2D eigenvalue weighted by Gasteiger charge is 2.15. The molecule has 18 heavy (non-hydrogen) atoms. The summed E-state index contributed by atoms with van der Waals surface area (Å²) in [6.07, 6.45) is 0.618. The lowest BCUT2D eigenvalue weighted by Crippen LogP contribution is -2.06. The molecule has 94 valence electrons. The summed E-state index contributed by atoms with van der Waals surface area (Å²) in [4.78, 5) is 8.19. The smallest absolute Gasteiger partial charge is 0.262 e. The van der Waals surface area contributed by atoms with Crippen molar-refractivity contribution in [3.05, 3.63) is 41.6 Å². The Kier molecular flexibility index (Phi) is 3.62. The lowest BCUT2D eigenvalue weighted by molar-refractivity contribution is 0.338. The molecule has 2 aromatic rings. The standard InChI is InChI=1S/C13H15N3O2/c1-17-11-10(8-9-6-4-3-5-7-9)15-13(14)16-12(11)18-2/h3-7H,8H2,1-2H3,(H2,14,15,16). The van der Waals surface area contributed by atoms with E-state index in [1.165, 1.54) is 7.11 Å². The number of ether oxygens (including phenoxy) is 2. The third-order valence-electron chi connectivity index (χ3n) is 2.53. The molecule has 0 atom stereocenters. The zero-order valence-electron chi connectivity index (χ0n) is 10.4. The van der Waals surface area contributed by atoms with E-state index >= 15 is 0 Å². The van der Waals surface area contributed by atoms with E-state index in [9.17, 15) is 0 Å². The van der Waals surface area contributed by atoms with Crippen LogP contribution in [0.5, 0.6) is 11.6 Å². The van der Waals surface area contributed by atoms with Crippen molar-refractivity contribution in [1.82, 2.24) is 9.97 Å². The number of rotatable bonds is 4. The van der Waals surface area contributed by atoms with Crippen LogP contribution in [-0.4, -0.2) is 24.2 Å². The van der Waals surface area contributed by atoms with Gasteiger partial charge < -0.3 is 15.2 Å². The molecule has 0 spiro atoms. The van der Waals surface area contributed by atoms with Crippen LogP contribution >= 0.6 is 0 Å². The van der Waals surface area contributed by atoms with Crippen molar-refractivity contribution in [1.29, 1.82) is 0 Å². The van der Waals surface area contributed by atoms with Gasteiger partial charge in [-0.3, -0.25) is 0 Å². The van der Waals surface area contributed by atoms with Gasteiger partial charge in [0.25, 0.3) is 5.88 Å². The second-order valence-corrected chi connectivity index (χ2v) is 3.73. The van der Waals surface area contributed by atoms with Crippen LogP contribution in [0.3, 0.4) is 0 Å². The Hall–Kier alpha value is -2.30. The summed E-state index contributed by atoms with van der Waals surface area (Å²) in [6, 6.07) is 9.96. The van der Waals surface area contributed by atoms with Crippen LogP contribution in [0.2, 0.25) is 0 Å². The summed E-state index contributed by atoms with van der Waals surface area (Å²) in [5.74, 6) is 1.06. The zero-order chi connectivity index (χ0) is 13.0. The maximum absolute atomic E-state index is 5.65. The van der Waals surface area contributed by atoms with Crippen LogP contribution in [0.25, 0.3) is 0 Å². The molecular weight excluding hydrogens is 230 g/mol. The molecule has 0 amide bonds. The topological polar surface area (TPSA) is 70.3 Å². The Labute approximate surface area is 106 Å². The molecule has 0 radical (unpaired) electrons. The number of hydrogen-bond acceptors (Lipinski definition) is 5. The maximum atomic E-state index is 5.65. The van der Waals surface area contributed by atoms with Gasteiger partial charge >= 0.3 is 0 Å². The Morgan fingerprint density at radius 3 is 2.39 bits per heavy atom. The van der Waals surface area contributed by atoms with E-state index in [-0.39, 0.29) is 5.95 Å². The molecule has 2 rings (SSSR count). The molecule has 0 unspecified atom stereocenters. The molecule has 1 aromatic heterocycles. The first-order valence-corrected chi connectivity index (χ1v) is 5.53. The van der Waals surface area contributed by atoms with E-state index in [0.717, 1.165) is 5.56 Å². The number of methoxy groups -OCH3 is 2. The molecule has 0 aliphatic carbocycles. The number of benzene rings is 1. The van der Waals surface area contributed by atoms with Crippen LogP contribution in [0.15, 0.2) is 30.3 Å². The van der Waals surface area contributed by atoms with Crippen molar-refractivity contribution in [3.63, 3.8) is 0 Å². The number of nitrogen functional groups attached to an aromatic ring is 1. The van der Waals surface area contributed by atoms with Crippen molar-refractivity contribution in [3.8, 4) is 11.6 Å². The SMILES string of the molecule is COc1nc(N)nc(Cc2ccccc2)c1OC. The van der Waals surface area contributed by atoms with Crippen molar-refractivity contribution in [2.24, 2.45) is 0 Å². The molecule has 0 saturated carbocycles. The molecule has 0 bridgehead atoms. The van der Waals surface area contributed by atoms with Crippen molar-refractivity contribution in [2.45, 2.75) is 6.42 Å². The fourth-order valence-corrected chi connectivity index (χ4v) is 1.74. The van der Waals surface area contributed by atoms with Gasteiger partial charge in [0.05, 0.1) is 19.9 Å². The molecule has 2 N–H and O–H groups in total. The van der Waals surface area contributed by atoms with E-state index < -0.39 is 0 Å². The van der Waals surface area contributed by atoms with Crippen LogP contribution in [-0.2, 0) is 6.42 Å². The Balaban J connectivity index is 2.40. The van der Waals surface area contributed by atoms with Gasteiger partial charge in [-0.15, -0.1) is 0 Å². The molecular formula is C13H15N3O2. The summed E-state index contributed by atoms with van der Waals surface area (Å²) < 4.78 is 10.4. The second-order valence-electron chi connectivity index (χ2n) is 3.73. The first-order valence-electron chi connectivity index (χ1n) is 5.53. The average molecular weight is 245 g/mol. The fraction of sp³-hybridized carbons (Fsp3) is 0.231. The molecule has 1 heterocycles. The normalized spacial score (nSPS) is 10.1. The maximum Gasteiger partial charge on any atom is 0.262 e. The molecule has 0 fully saturated rings. The summed E-state index contributed by atoms with van der Waals surface area (Å²) in [7, 11) is 3.09. The van der Waals surface area contributed by atoms with E-state index in [0.29, 0.717) is 23.7 Å². The van der Waals surface area contributed by atoms with Gasteiger partial charge in [-0.1, -0.05) is 30.3 Å². The quantitative estimate of drug-likeness (QED) is 0.887. The van der Waals surface area contributed by atoms with Crippen molar-refractivity contribution in [2.75, 3.05) is 20.0 Å². The van der Waals surface area contributed by atoms with Crippen molar-refractivity contribution < 1.29 is 9.47 Å². The van der Waals surface area contributed by atoms with Crippen molar-refractivity contribution >= 4 is 5.95 Å². The number of nitrogens with zero attached hydrogens (tertiary/aromatic N) is 2. The lowest BCUT2D eigenvalue weighted by atomic mass is 10.1. The molecule has 0 aliphatic heterocycles. The summed E-state index contributed by atoms with van der Waals surface area (Å²) >= 11 is 0. The minimum Gasteiger partial charge on any atom is -0.490 e. The monoisotopic (exact) mass is 245 g/mol. The first-order chi connectivity index (χ1) is 8.74. The van der Waals surface area contributed by atoms with Gasteiger partial charge in [0.1, 0.15) is 0 Å². The van der Waals surface area contributed by atoms with E-state index in [4.69, 9.17) is 15.2 Å².